The topological polar surface area (TPSA) is 66.5 Å². The van der Waals surface area contributed by atoms with Crippen LogP contribution in [0.15, 0.2) is 24.3 Å². The molecule has 1 aliphatic heterocycles. The highest BCUT2D eigenvalue weighted by atomic mass is 19.4. The van der Waals surface area contributed by atoms with E-state index in [1.807, 2.05) is 0 Å². The van der Waals surface area contributed by atoms with E-state index < -0.39 is 24.5 Å². The number of amides is 3. The lowest BCUT2D eigenvalue weighted by Gasteiger charge is -2.22. The number of alkyl halides is 3. The predicted molar refractivity (Wildman–Crippen MR) is 79.0 cm³/mol. The lowest BCUT2D eigenvalue weighted by molar-refractivity contribution is -0.140. The molecule has 0 aromatic heterocycles. The Balaban J connectivity index is 2.04. The van der Waals surface area contributed by atoms with Crippen molar-refractivity contribution in [3.63, 3.8) is 0 Å². The van der Waals surface area contributed by atoms with Gasteiger partial charge in [0, 0.05) is 18.5 Å². The Morgan fingerprint density at radius 3 is 2.33 bits per heavy atom. The van der Waals surface area contributed by atoms with Gasteiger partial charge in [-0.2, -0.15) is 13.2 Å². The highest BCUT2D eigenvalue weighted by Gasteiger charge is 2.33. The second-order valence-corrected chi connectivity index (χ2v) is 5.65. The zero-order valence-corrected chi connectivity index (χ0v) is 13.0. The Kier molecular flexibility index (Phi) is 5.26. The van der Waals surface area contributed by atoms with Crippen molar-refractivity contribution in [1.82, 2.24) is 10.2 Å². The predicted octanol–water partition coefficient (Wildman–Crippen LogP) is 1.92. The molecule has 0 unspecified atom stereocenters. The third-order valence-electron chi connectivity index (χ3n) is 3.79. The Labute approximate surface area is 136 Å². The molecule has 1 heterocycles. The molecule has 1 atom stereocenters. The molecule has 0 spiro atoms. The van der Waals surface area contributed by atoms with Crippen LogP contribution in [0.5, 0.6) is 0 Å². The van der Waals surface area contributed by atoms with Crippen LogP contribution in [0.3, 0.4) is 0 Å². The van der Waals surface area contributed by atoms with E-state index >= 15 is 0 Å². The van der Waals surface area contributed by atoms with Gasteiger partial charge in [0.15, 0.2) is 0 Å². The van der Waals surface area contributed by atoms with Crippen molar-refractivity contribution < 1.29 is 27.6 Å². The fraction of sp³-hybridized carbons (Fsp3) is 0.438. The first kappa shape index (κ1) is 18.0. The molecular weight excluding hydrogens is 325 g/mol. The first-order chi connectivity index (χ1) is 11.2. The SMILES string of the molecule is CCN(CC(F)(F)F)C(=O)c1ccc(C[C@H]2CC(=O)NC2=O)cc1. The molecule has 8 heteroatoms. The van der Waals surface area contributed by atoms with Crippen LogP contribution in [0, 0.1) is 5.92 Å². The summed E-state index contributed by atoms with van der Waals surface area (Å²) in [6.45, 7) is 0.132. The maximum Gasteiger partial charge on any atom is 0.406 e. The van der Waals surface area contributed by atoms with E-state index in [1.165, 1.54) is 19.1 Å². The molecule has 130 valence electrons. The molecule has 1 fully saturated rings. The van der Waals surface area contributed by atoms with Crippen molar-refractivity contribution in [2.24, 2.45) is 5.92 Å². The van der Waals surface area contributed by atoms with Crippen molar-refractivity contribution in [3.8, 4) is 0 Å². The minimum absolute atomic E-state index is 0.0511. The van der Waals surface area contributed by atoms with E-state index in [-0.39, 0.29) is 30.3 Å². The average molecular weight is 342 g/mol. The zero-order valence-electron chi connectivity index (χ0n) is 13.0. The minimum atomic E-state index is -4.45. The normalized spacial score (nSPS) is 17.8. The van der Waals surface area contributed by atoms with Crippen LogP contribution < -0.4 is 5.32 Å². The molecule has 0 radical (unpaired) electrons. The number of rotatable bonds is 5. The summed E-state index contributed by atoms with van der Waals surface area (Å²) in [6.07, 6.45) is -3.99. The largest absolute Gasteiger partial charge is 0.406 e. The molecule has 5 nitrogen and oxygen atoms in total. The molecule has 1 N–H and O–H groups in total. The summed E-state index contributed by atoms with van der Waals surface area (Å²) in [6, 6.07) is 6.05. The van der Waals surface area contributed by atoms with Crippen molar-refractivity contribution in [2.45, 2.75) is 25.9 Å². The van der Waals surface area contributed by atoms with Crippen molar-refractivity contribution in [1.29, 1.82) is 0 Å². The van der Waals surface area contributed by atoms with E-state index in [0.717, 1.165) is 10.5 Å². The van der Waals surface area contributed by atoms with Gasteiger partial charge in [-0.15, -0.1) is 0 Å². The molecular formula is C16H17F3N2O3. The number of carbonyl (C=O) groups is 3. The molecule has 1 aliphatic rings. The Bertz CT molecular complexity index is 641. The van der Waals surface area contributed by atoms with Crippen LogP contribution >= 0.6 is 0 Å². The number of benzene rings is 1. The minimum Gasteiger partial charge on any atom is -0.330 e. The molecule has 0 saturated carbocycles. The van der Waals surface area contributed by atoms with Gasteiger partial charge in [-0.3, -0.25) is 19.7 Å². The molecule has 1 aromatic carbocycles. The van der Waals surface area contributed by atoms with Gasteiger partial charge < -0.3 is 4.90 Å². The molecule has 0 bridgehead atoms. The smallest absolute Gasteiger partial charge is 0.330 e. The van der Waals surface area contributed by atoms with E-state index in [1.54, 1.807) is 12.1 Å². The van der Waals surface area contributed by atoms with Crippen molar-refractivity contribution in [2.75, 3.05) is 13.1 Å². The fourth-order valence-electron chi connectivity index (χ4n) is 2.57. The monoisotopic (exact) mass is 342 g/mol. The van der Waals surface area contributed by atoms with Gasteiger partial charge in [-0.25, -0.2) is 0 Å². The number of imide groups is 1. The summed E-state index contributed by atoms with van der Waals surface area (Å²) >= 11 is 0. The lowest BCUT2D eigenvalue weighted by atomic mass is 9.97. The van der Waals surface area contributed by atoms with Gasteiger partial charge in [0.05, 0.1) is 5.92 Å². The van der Waals surface area contributed by atoms with Gasteiger partial charge >= 0.3 is 6.18 Å². The maximum atomic E-state index is 12.5. The average Bonchev–Trinajstić information content (AvgIpc) is 2.81. The van der Waals surface area contributed by atoms with E-state index in [9.17, 15) is 27.6 Å². The van der Waals surface area contributed by atoms with E-state index in [2.05, 4.69) is 5.32 Å². The van der Waals surface area contributed by atoms with Gasteiger partial charge in [0.2, 0.25) is 11.8 Å². The lowest BCUT2D eigenvalue weighted by Crippen LogP contribution is -2.38. The van der Waals surface area contributed by atoms with Crippen LogP contribution in [0.4, 0.5) is 13.2 Å². The maximum absolute atomic E-state index is 12.5. The molecule has 3 amide bonds. The second kappa shape index (κ2) is 7.02. The quantitative estimate of drug-likeness (QED) is 0.832. The number of nitrogens with one attached hydrogen (secondary N) is 1. The van der Waals surface area contributed by atoms with Gasteiger partial charge in [-0.1, -0.05) is 12.1 Å². The molecule has 24 heavy (non-hydrogen) atoms. The summed E-state index contributed by atoms with van der Waals surface area (Å²) in [4.78, 5) is 35.5. The Morgan fingerprint density at radius 2 is 1.88 bits per heavy atom. The zero-order chi connectivity index (χ0) is 17.9. The standard InChI is InChI=1S/C16H17F3N2O3/c1-2-21(9-16(17,18)19)15(24)11-5-3-10(4-6-11)7-12-8-13(22)20-14(12)23/h3-6,12H,2,7-9H2,1H3,(H,20,22,23)/t12-/m0/s1. The third kappa shape index (κ3) is 4.56. The van der Waals surface area contributed by atoms with Gasteiger partial charge in [-0.05, 0) is 31.0 Å². The highest BCUT2D eigenvalue weighted by Crippen LogP contribution is 2.20. The number of carbonyl (C=O) groups excluding carboxylic acids is 3. The molecule has 0 aliphatic carbocycles. The van der Waals surface area contributed by atoms with Crippen LogP contribution in [-0.2, 0) is 16.0 Å². The van der Waals surface area contributed by atoms with Gasteiger partial charge in [0.25, 0.3) is 5.91 Å². The van der Waals surface area contributed by atoms with Crippen LogP contribution in [0.25, 0.3) is 0 Å². The Morgan fingerprint density at radius 1 is 1.25 bits per heavy atom. The van der Waals surface area contributed by atoms with E-state index in [0.29, 0.717) is 6.42 Å². The number of hydrogen-bond acceptors (Lipinski definition) is 3. The molecule has 1 saturated heterocycles. The van der Waals surface area contributed by atoms with Crippen LogP contribution in [0.1, 0.15) is 29.3 Å². The summed E-state index contributed by atoms with van der Waals surface area (Å²) in [5.74, 6) is -1.79. The summed E-state index contributed by atoms with van der Waals surface area (Å²) in [5, 5.41) is 2.22. The summed E-state index contributed by atoms with van der Waals surface area (Å²) in [7, 11) is 0. The molecule has 1 aromatic rings. The van der Waals surface area contributed by atoms with E-state index in [4.69, 9.17) is 0 Å². The third-order valence-corrected chi connectivity index (χ3v) is 3.79. The number of hydrogen-bond donors (Lipinski definition) is 1. The first-order valence-electron chi connectivity index (χ1n) is 7.48. The molecule has 2 rings (SSSR count). The second-order valence-electron chi connectivity index (χ2n) is 5.65. The van der Waals surface area contributed by atoms with Crippen molar-refractivity contribution >= 4 is 17.7 Å². The highest BCUT2D eigenvalue weighted by molar-refractivity contribution is 6.03. The number of halogens is 3. The fourth-order valence-corrected chi connectivity index (χ4v) is 2.57. The summed E-state index contributed by atoms with van der Waals surface area (Å²) < 4.78 is 37.4. The Hall–Kier alpha value is -2.38. The summed E-state index contributed by atoms with van der Waals surface area (Å²) in [5.41, 5.74) is 0.886. The van der Waals surface area contributed by atoms with Crippen LogP contribution in [-0.4, -0.2) is 41.9 Å². The number of nitrogens with zero attached hydrogens (tertiary/aromatic N) is 1. The van der Waals surface area contributed by atoms with Gasteiger partial charge in [0.1, 0.15) is 6.54 Å². The first-order valence-corrected chi connectivity index (χ1v) is 7.48. The van der Waals surface area contributed by atoms with Crippen molar-refractivity contribution in [3.05, 3.63) is 35.4 Å². The van der Waals surface area contributed by atoms with Crippen LogP contribution in [0.2, 0.25) is 0 Å².